The molecular formula is C18H18N4O3. The van der Waals surface area contributed by atoms with Crippen molar-refractivity contribution in [1.82, 2.24) is 20.2 Å². The number of nitrogens with zero attached hydrogens (tertiary/aromatic N) is 3. The van der Waals surface area contributed by atoms with Crippen molar-refractivity contribution >= 4 is 28.8 Å². The van der Waals surface area contributed by atoms with Gasteiger partial charge in [-0.05, 0) is 44.9 Å². The van der Waals surface area contributed by atoms with Crippen molar-refractivity contribution in [1.29, 1.82) is 0 Å². The Morgan fingerprint density at radius 2 is 1.80 bits per heavy atom. The van der Waals surface area contributed by atoms with Crippen LogP contribution in [0.15, 0.2) is 18.2 Å². The van der Waals surface area contributed by atoms with Gasteiger partial charge < -0.3 is 4.90 Å². The molecule has 2 heterocycles. The van der Waals surface area contributed by atoms with E-state index in [2.05, 4.69) is 15.3 Å². The predicted octanol–water partition coefficient (Wildman–Crippen LogP) is 1.27. The first kappa shape index (κ1) is 15.7. The summed E-state index contributed by atoms with van der Waals surface area (Å²) in [5.74, 6) is -0.958. The van der Waals surface area contributed by atoms with Gasteiger partial charge in [-0.1, -0.05) is 0 Å². The Morgan fingerprint density at radius 3 is 2.40 bits per heavy atom. The molecule has 0 spiro atoms. The lowest BCUT2D eigenvalue weighted by molar-refractivity contribution is -0.126. The van der Waals surface area contributed by atoms with Crippen LogP contribution in [0.2, 0.25) is 0 Å². The lowest BCUT2D eigenvalue weighted by atomic mass is 10.1. The van der Waals surface area contributed by atoms with E-state index < -0.39 is 11.9 Å². The van der Waals surface area contributed by atoms with E-state index in [4.69, 9.17) is 0 Å². The number of imide groups is 1. The van der Waals surface area contributed by atoms with Gasteiger partial charge in [0.15, 0.2) is 0 Å². The van der Waals surface area contributed by atoms with Gasteiger partial charge in [-0.15, -0.1) is 0 Å². The van der Waals surface area contributed by atoms with Gasteiger partial charge in [0.2, 0.25) is 11.8 Å². The molecule has 4 rings (SSSR count). The van der Waals surface area contributed by atoms with Crippen LogP contribution in [0.3, 0.4) is 0 Å². The van der Waals surface area contributed by atoms with E-state index in [0.29, 0.717) is 11.1 Å². The molecule has 1 atom stereocenters. The Morgan fingerprint density at radius 1 is 1.12 bits per heavy atom. The van der Waals surface area contributed by atoms with Crippen molar-refractivity contribution in [3.8, 4) is 0 Å². The molecule has 1 aliphatic carbocycles. The third-order valence-electron chi connectivity index (χ3n) is 4.78. The summed E-state index contributed by atoms with van der Waals surface area (Å²) in [5.41, 5.74) is 3.51. The Hall–Kier alpha value is -2.83. The molecule has 25 heavy (non-hydrogen) atoms. The molecular weight excluding hydrogens is 320 g/mol. The van der Waals surface area contributed by atoms with Crippen molar-refractivity contribution in [2.24, 2.45) is 0 Å². The Bertz CT molecular complexity index is 920. The Kier molecular flexibility index (Phi) is 3.52. The van der Waals surface area contributed by atoms with E-state index in [0.717, 1.165) is 29.7 Å². The second-order valence-corrected chi connectivity index (χ2v) is 6.67. The van der Waals surface area contributed by atoms with Crippen LogP contribution in [-0.2, 0) is 9.59 Å². The molecule has 7 heteroatoms. The summed E-state index contributed by atoms with van der Waals surface area (Å²) in [6.07, 6.45) is 1.75. The third-order valence-corrected chi connectivity index (χ3v) is 4.78. The average Bonchev–Trinajstić information content (AvgIpc) is 3.34. The summed E-state index contributed by atoms with van der Waals surface area (Å²) in [6.45, 7) is 3.77. The minimum atomic E-state index is -0.714. The van der Waals surface area contributed by atoms with Gasteiger partial charge in [0, 0.05) is 11.6 Å². The highest BCUT2D eigenvalue weighted by Crippen LogP contribution is 2.32. The number of carbonyl (C=O) groups excluding carboxylic acids is 3. The highest BCUT2D eigenvalue weighted by molar-refractivity contribution is 6.08. The lowest BCUT2D eigenvalue weighted by Gasteiger charge is -2.26. The first-order chi connectivity index (χ1) is 11.9. The zero-order valence-corrected chi connectivity index (χ0v) is 14.1. The average molecular weight is 338 g/mol. The third kappa shape index (κ3) is 2.75. The lowest BCUT2D eigenvalue weighted by Crippen LogP contribution is -2.45. The molecule has 2 aliphatic rings. The highest BCUT2D eigenvalue weighted by Gasteiger charge is 2.44. The van der Waals surface area contributed by atoms with E-state index in [1.54, 1.807) is 23.1 Å². The molecule has 1 aromatic carbocycles. The van der Waals surface area contributed by atoms with Crippen molar-refractivity contribution in [3.05, 3.63) is 35.2 Å². The molecule has 0 radical (unpaired) electrons. The fraction of sp³-hybridized carbons (Fsp3) is 0.389. The van der Waals surface area contributed by atoms with Crippen LogP contribution in [0.5, 0.6) is 0 Å². The number of carbonyl (C=O) groups is 3. The van der Waals surface area contributed by atoms with E-state index in [1.807, 2.05) is 13.8 Å². The molecule has 1 saturated heterocycles. The summed E-state index contributed by atoms with van der Waals surface area (Å²) >= 11 is 0. The SMILES string of the molecule is Cc1nc2ccc(C(=O)N(C3CC3)[C@H]3CC(=O)NC3=O)cc2nc1C. The minimum Gasteiger partial charge on any atom is -0.323 e. The topological polar surface area (TPSA) is 92.3 Å². The smallest absolute Gasteiger partial charge is 0.254 e. The highest BCUT2D eigenvalue weighted by atomic mass is 16.2. The van der Waals surface area contributed by atoms with E-state index in [9.17, 15) is 14.4 Å². The molecule has 0 bridgehead atoms. The monoisotopic (exact) mass is 338 g/mol. The van der Waals surface area contributed by atoms with Crippen LogP contribution < -0.4 is 5.32 Å². The number of hydrogen-bond acceptors (Lipinski definition) is 5. The normalized spacial score (nSPS) is 20.0. The van der Waals surface area contributed by atoms with Crippen LogP contribution in [0, 0.1) is 13.8 Å². The Labute approximate surface area is 144 Å². The summed E-state index contributed by atoms with van der Waals surface area (Å²) in [6, 6.07) is 4.50. The number of benzene rings is 1. The maximum atomic E-state index is 13.0. The van der Waals surface area contributed by atoms with Crippen LogP contribution in [-0.4, -0.2) is 44.7 Å². The van der Waals surface area contributed by atoms with Crippen LogP contribution in [0.1, 0.15) is 41.0 Å². The quantitative estimate of drug-likeness (QED) is 0.851. The minimum absolute atomic E-state index is 0.0238. The second-order valence-electron chi connectivity index (χ2n) is 6.67. The zero-order valence-electron chi connectivity index (χ0n) is 14.1. The van der Waals surface area contributed by atoms with Gasteiger partial charge in [0.05, 0.1) is 28.8 Å². The Balaban J connectivity index is 1.71. The largest absolute Gasteiger partial charge is 0.323 e. The second kappa shape index (κ2) is 5.61. The molecule has 1 aromatic heterocycles. The molecule has 3 amide bonds. The molecule has 7 nitrogen and oxygen atoms in total. The van der Waals surface area contributed by atoms with E-state index in [-0.39, 0.29) is 24.3 Å². The first-order valence-electron chi connectivity index (χ1n) is 8.35. The van der Waals surface area contributed by atoms with Gasteiger partial charge in [-0.25, -0.2) is 9.97 Å². The maximum Gasteiger partial charge on any atom is 0.254 e. The van der Waals surface area contributed by atoms with Crippen LogP contribution in [0.25, 0.3) is 11.0 Å². The fourth-order valence-corrected chi connectivity index (χ4v) is 3.19. The predicted molar refractivity (Wildman–Crippen MR) is 89.8 cm³/mol. The molecule has 0 unspecified atom stereocenters. The summed E-state index contributed by atoms with van der Waals surface area (Å²) in [4.78, 5) is 47.1. The van der Waals surface area contributed by atoms with Crippen molar-refractivity contribution in [2.75, 3.05) is 0 Å². The van der Waals surface area contributed by atoms with Crippen molar-refractivity contribution in [3.63, 3.8) is 0 Å². The van der Waals surface area contributed by atoms with E-state index >= 15 is 0 Å². The van der Waals surface area contributed by atoms with Gasteiger partial charge in [0.1, 0.15) is 6.04 Å². The number of aryl methyl sites for hydroxylation is 2. The van der Waals surface area contributed by atoms with Gasteiger partial charge in [-0.3, -0.25) is 19.7 Å². The standard InChI is InChI=1S/C18H18N4O3/c1-9-10(2)20-14-7-11(3-6-13(14)19-9)18(25)22(12-4-5-12)15-8-16(23)21-17(15)24/h3,6-7,12,15H,4-5,8H2,1-2H3,(H,21,23,24)/t15-/m0/s1. The maximum absolute atomic E-state index is 13.0. The summed E-state index contributed by atoms with van der Waals surface area (Å²) in [5, 5.41) is 2.29. The summed E-state index contributed by atoms with van der Waals surface area (Å²) in [7, 11) is 0. The summed E-state index contributed by atoms with van der Waals surface area (Å²) < 4.78 is 0. The molecule has 128 valence electrons. The zero-order chi connectivity index (χ0) is 17.7. The molecule has 1 aliphatic heterocycles. The van der Waals surface area contributed by atoms with Gasteiger partial charge in [-0.2, -0.15) is 0 Å². The van der Waals surface area contributed by atoms with E-state index in [1.165, 1.54) is 0 Å². The first-order valence-corrected chi connectivity index (χ1v) is 8.35. The number of amides is 3. The van der Waals surface area contributed by atoms with Gasteiger partial charge >= 0.3 is 0 Å². The molecule has 2 fully saturated rings. The van der Waals surface area contributed by atoms with Crippen molar-refractivity contribution in [2.45, 2.75) is 45.2 Å². The number of hydrogen-bond donors (Lipinski definition) is 1. The number of rotatable bonds is 3. The van der Waals surface area contributed by atoms with Gasteiger partial charge in [0.25, 0.3) is 5.91 Å². The number of aromatic nitrogens is 2. The molecule has 2 aromatic rings. The molecule has 1 N–H and O–H groups in total. The molecule has 1 saturated carbocycles. The van der Waals surface area contributed by atoms with Crippen molar-refractivity contribution < 1.29 is 14.4 Å². The number of nitrogens with one attached hydrogen (secondary N) is 1. The van der Waals surface area contributed by atoms with Crippen LogP contribution in [0.4, 0.5) is 0 Å². The fourth-order valence-electron chi connectivity index (χ4n) is 3.19. The van der Waals surface area contributed by atoms with Crippen LogP contribution >= 0.6 is 0 Å². The number of fused-ring (bicyclic) bond motifs is 1.